The summed E-state index contributed by atoms with van der Waals surface area (Å²) < 4.78 is 11.2. The third-order valence-corrected chi connectivity index (χ3v) is 4.13. The summed E-state index contributed by atoms with van der Waals surface area (Å²) in [4.78, 5) is 0. The number of ether oxygens (including phenoxy) is 2. The quantitative estimate of drug-likeness (QED) is 0.671. The van der Waals surface area contributed by atoms with Gasteiger partial charge in [0, 0.05) is 25.3 Å². The zero-order chi connectivity index (χ0) is 18.1. The molecule has 1 N–H and O–H groups in total. The van der Waals surface area contributed by atoms with Gasteiger partial charge in [0.15, 0.2) is 0 Å². The van der Waals surface area contributed by atoms with Crippen LogP contribution in [-0.4, -0.2) is 19.8 Å². The highest BCUT2D eigenvalue weighted by atomic mass is 16.5. The molecule has 0 fully saturated rings. The summed E-state index contributed by atoms with van der Waals surface area (Å²) >= 11 is 0. The van der Waals surface area contributed by atoms with Crippen LogP contribution < -0.4 is 10.1 Å². The first-order chi connectivity index (χ1) is 12.0. The molecule has 136 valence electrons. The van der Waals surface area contributed by atoms with Crippen molar-refractivity contribution in [3.8, 4) is 5.75 Å². The van der Waals surface area contributed by atoms with Crippen LogP contribution in [0.15, 0.2) is 48.5 Å². The fraction of sp³-hybridized carbons (Fsp3) is 0.455. The Morgan fingerprint density at radius 2 is 1.60 bits per heavy atom. The maximum Gasteiger partial charge on any atom is 0.123 e. The van der Waals surface area contributed by atoms with Crippen molar-refractivity contribution >= 4 is 0 Å². The molecule has 0 spiro atoms. The lowest BCUT2D eigenvalue weighted by molar-refractivity contribution is 0.110. The normalized spacial score (nSPS) is 11.5. The van der Waals surface area contributed by atoms with Gasteiger partial charge in [-0.1, -0.05) is 63.2 Å². The number of para-hydroxylation sites is 1. The minimum absolute atomic E-state index is 0.198. The third-order valence-electron chi connectivity index (χ3n) is 4.13. The molecule has 3 heteroatoms. The largest absolute Gasteiger partial charge is 0.491 e. The number of hydrogen-bond acceptors (Lipinski definition) is 3. The predicted molar refractivity (Wildman–Crippen MR) is 104 cm³/mol. The smallest absolute Gasteiger partial charge is 0.123 e. The van der Waals surface area contributed by atoms with E-state index in [1.54, 1.807) is 0 Å². The molecular formula is C22H31NO2. The summed E-state index contributed by atoms with van der Waals surface area (Å²) in [6.07, 6.45) is 0. The van der Waals surface area contributed by atoms with Gasteiger partial charge in [0.1, 0.15) is 12.4 Å². The van der Waals surface area contributed by atoms with E-state index in [0.29, 0.717) is 13.2 Å². The lowest BCUT2D eigenvalue weighted by Crippen LogP contribution is -2.15. The molecule has 2 aromatic rings. The van der Waals surface area contributed by atoms with Gasteiger partial charge in [-0.05, 0) is 29.5 Å². The highest BCUT2D eigenvalue weighted by Gasteiger charge is 2.12. The van der Waals surface area contributed by atoms with Crippen LogP contribution in [0, 0.1) is 0 Å². The second-order valence-electron chi connectivity index (χ2n) is 7.20. The molecule has 25 heavy (non-hydrogen) atoms. The molecule has 0 aromatic heterocycles. The molecular weight excluding hydrogens is 310 g/mol. The maximum atomic E-state index is 5.83. The summed E-state index contributed by atoms with van der Waals surface area (Å²) in [7, 11) is 0. The molecule has 0 aliphatic carbocycles. The fourth-order valence-corrected chi connectivity index (χ4v) is 2.61. The van der Waals surface area contributed by atoms with Crippen molar-refractivity contribution in [3.63, 3.8) is 0 Å². The Bertz CT molecular complexity index is 629. The highest BCUT2D eigenvalue weighted by molar-refractivity contribution is 5.33. The van der Waals surface area contributed by atoms with E-state index < -0.39 is 0 Å². The van der Waals surface area contributed by atoms with Gasteiger partial charge < -0.3 is 14.8 Å². The van der Waals surface area contributed by atoms with E-state index in [1.165, 1.54) is 16.7 Å². The van der Waals surface area contributed by atoms with Crippen molar-refractivity contribution in [1.29, 1.82) is 0 Å². The van der Waals surface area contributed by atoms with Crippen molar-refractivity contribution in [3.05, 3.63) is 65.2 Å². The number of nitrogens with one attached hydrogen (secondary N) is 1. The van der Waals surface area contributed by atoms with Crippen molar-refractivity contribution in [2.45, 2.75) is 46.2 Å². The van der Waals surface area contributed by atoms with E-state index in [1.807, 2.05) is 25.1 Å². The third kappa shape index (κ3) is 6.52. The Hall–Kier alpha value is -1.84. The van der Waals surface area contributed by atoms with Crippen LogP contribution in [0.4, 0.5) is 0 Å². The van der Waals surface area contributed by atoms with Crippen molar-refractivity contribution in [2.24, 2.45) is 0 Å². The lowest BCUT2D eigenvalue weighted by Gasteiger charge is -2.19. The summed E-state index contributed by atoms with van der Waals surface area (Å²) in [6, 6.07) is 17.0. The van der Waals surface area contributed by atoms with Crippen LogP contribution in [0.1, 0.15) is 44.4 Å². The molecule has 0 aliphatic rings. The van der Waals surface area contributed by atoms with Gasteiger partial charge in [0.25, 0.3) is 0 Å². The van der Waals surface area contributed by atoms with Gasteiger partial charge in [-0.25, -0.2) is 0 Å². The number of rotatable bonds is 9. The minimum Gasteiger partial charge on any atom is -0.491 e. The van der Waals surface area contributed by atoms with Crippen LogP contribution in [-0.2, 0) is 23.2 Å². The Morgan fingerprint density at radius 1 is 0.880 bits per heavy atom. The second kappa shape index (κ2) is 9.59. The van der Waals surface area contributed by atoms with Crippen LogP contribution >= 0.6 is 0 Å². The van der Waals surface area contributed by atoms with Gasteiger partial charge in [-0.3, -0.25) is 0 Å². The van der Waals surface area contributed by atoms with E-state index >= 15 is 0 Å². The molecule has 0 radical (unpaired) electrons. The number of benzene rings is 2. The van der Waals surface area contributed by atoms with E-state index in [2.05, 4.69) is 56.4 Å². The molecule has 0 heterocycles. The molecule has 0 atom stereocenters. The molecule has 2 aromatic carbocycles. The van der Waals surface area contributed by atoms with Crippen LogP contribution in [0.2, 0.25) is 0 Å². The number of hydrogen-bond donors (Lipinski definition) is 1. The van der Waals surface area contributed by atoms with E-state index in [9.17, 15) is 0 Å². The first-order valence-electron chi connectivity index (χ1n) is 9.09. The highest BCUT2D eigenvalue weighted by Crippen LogP contribution is 2.22. The molecule has 3 nitrogen and oxygen atoms in total. The average Bonchev–Trinajstić information content (AvgIpc) is 2.59. The van der Waals surface area contributed by atoms with Gasteiger partial charge in [0.2, 0.25) is 0 Å². The summed E-state index contributed by atoms with van der Waals surface area (Å²) in [5.41, 5.74) is 4.03. The Kier molecular flexibility index (Phi) is 7.48. The van der Waals surface area contributed by atoms with Crippen LogP contribution in [0.5, 0.6) is 5.75 Å². The van der Waals surface area contributed by atoms with Gasteiger partial charge in [-0.2, -0.15) is 0 Å². The Morgan fingerprint density at radius 3 is 2.28 bits per heavy atom. The lowest BCUT2D eigenvalue weighted by atomic mass is 9.87. The fourth-order valence-electron chi connectivity index (χ4n) is 2.61. The second-order valence-corrected chi connectivity index (χ2v) is 7.20. The van der Waals surface area contributed by atoms with Crippen molar-refractivity contribution in [1.82, 2.24) is 5.32 Å². The first kappa shape index (κ1) is 19.5. The standard InChI is InChI=1S/C22H31NO2/c1-5-24-14-15-25-21-9-7-6-8-19(21)17-23-16-18-10-12-20(13-11-18)22(2,3)4/h6-13,23H,5,14-17H2,1-4H3. The SMILES string of the molecule is CCOCCOc1ccccc1CNCc1ccc(C(C)(C)C)cc1. The molecule has 0 amide bonds. The summed E-state index contributed by atoms with van der Waals surface area (Å²) in [5, 5.41) is 3.51. The first-order valence-corrected chi connectivity index (χ1v) is 9.09. The molecule has 0 saturated heterocycles. The molecule has 0 unspecified atom stereocenters. The average molecular weight is 341 g/mol. The van der Waals surface area contributed by atoms with Gasteiger partial charge in [0.05, 0.1) is 6.61 Å². The van der Waals surface area contributed by atoms with Gasteiger partial charge in [-0.15, -0.1) is 0 Å². The monoisotopic (exact) mass is 341 g/mol. The van der Waals surface area contributed by atoms with Crippen LogP contribution in [0.25, 0.3) is 0 Å². The van der Waals surface area contributed by atoms with E-state index in [-0.39, 0.29) is 5.41 Å². The molecule has 0 bridgehead atoms. The van der Waals surface area contributed by atoms with Crippen molar-refractivity contribution in [2.75, 3.05) is 19.8 Å². The van der Waals surface area contributed by atoms with Crippen molar-refractivity contribution < 1.29 is 9.47 Å². The molecule has 2 rings (SSSR count). The summed E-state index contributed by atoms with van der Waals surface area (Å²) in [5.74, 6) is 0.929. The zero-order valence-electron chi connectivity index (χ0n) is 16.0. The minimum atomic E-state index is 0.198. The van der Waals surface area contributed by atoms with E-state index in [0.717, 1.165) is 25.4 Å². The Labute approximate surface area is 152 Å². The summed E-state index contributed by atoms with van der Waals surface area (Å²) in [6.45, 7) is 12.3. The molecule has 0 saturated carbocycles. The maximum absolute atomic E-state index is 5.83. The predicted octanol–water partition coefficient (Wildman–Crippen LogP) is 4.69. The van der Waals surface area contributed by atoms with Crippen LogP contribution in [0.3, 0.4) is 0 Å². The molecule has 0 aliphatic heterocycles. The van der Waals surface area contributed by atoms with E-state index in [4.69, 9.17) is 9.47 Å². The van der Waals surface area contributed by atoms with Gasteiger partial charge >= 0.3 is 0 Å². The topological polar surface area (TPSA) is 30.5 Å². The Balaban J connectivity index is 1.85. The zero-order valence-corrected chi connectivity index (χ0v) is 16.0.